The molecule has 0 aliphatic carbocycles. The van der Waals surface area contributed by atoms with Crippen molar-refractivity contribution in [2.75, 3.05) is 38.5 Å². The van der Waals surface area contributed by atoms with Gasteiger partial charge in [-0.3, -0.25) is 9.69 Å². The molecule has 0 atom stereocenters. The fraction of sp³-hybridized carbons (Fsp3) is 0.250. The van der Waals surface area contributed by atoms with Gasteiger partial charge in [0.05, 0.1) is 11.1 Å². The summed E-state index contributed by atoms with van der Waals surface area (Å²) < 4.78 is 42.7. The summed E-state index contributed by atoms with van der Waals surface area (Å²) in [6, 6.07) is 16.8. The lowest BCUT2D eigenvalue weighted by atomic mass is 10.0. The first-order valence-electron chi connectivity index (χ1n) is 13.2. The maximum absolute atomic E-state index is 14.0. The van der Waals surface area contributed by atoms with Crippen LogP contribution >= 0.6 is 15.9 Å². The summed E-state index contributed by atoms with van der Waals surface area (Å²) in [5, 5.41) is 4.53. The van der Waals surface area contributed by atoms with Crippen molar-refractivity contribution in [1.29, 1.82) is 0 Å². The van der Waals surface area contributed by atoms with E-state index in [1.54, 1.807) is 24.4 Å². The van der Waals surface area contributed by atoms with Gasteiger partial charge in [-0.05, 0) is 65.3 Å². The summed E-state index contributed by atoms with van der Waals surface area (Å²) >= 11 is 3.46. The topological polar surface area (TPSA) is 48.5 Å². The predicted molar refractivity (Wildman–Crippen MR) is 159 cm³/mol. The minimum absolute atomic E-state index is 0.0880. The number of benzene rings is 3. The van der Waals surface area contributed by atoms with Crippen LogP contribution in [-0.2, 0) is 12.7 Å². The van der Waals surface area contributed by atoms with Crippen LogP contribution in [0.25, 0.3) is 10.8 Å². The van der Waals surface area contributed by atoms with Gasteiger partial charge in [-0.2, -0.15) is 13.2 Å². The van der Waals surface area contributed by atoms with Crippen molar-refractivity contribution in [2.45, 2.75) is 19.6 Å². The van der Waals surface area contributed by atoms with Crippen molar-refractivity contribution in [3.8, 4) is 11.8 Å². The molecule has 3 aromatic carbocycles. The maximum Gasteiger partial charge on any atom is 0.416 e. The van der Waals surface area contributed by atoms with Gasteiger partial charge in [0.2, 0.25) is 0 Å². The Morgan fingerprint density at radius 1 is 0.976 bits per heavy atom. The number of carbonyl (C=O) groups excluding carboxylic acids is 1. The molecule has 0 unspecified atom stereocenters. The third kappa shape index (κ3) is 6.79. The molecule has 1 aromatic heterocycles. The first-order valence-corrected chi connectivity index (χ1v) is 14.0. The van der Waals surface area contributed by atoms with Crippen LogP contribution in [-0.4, -0.2) is 53.9 Å². The van der Waals surface area contributed by atoms with E-state index in [0.29, 0.717) is 24.2 Å². The number of hydrogen-bond acceptors (Lipinski definition) is 4. The van der Waals surface area contributed by atoms with Crippen LogP contribution in [0.1, 0.15) is 38.2 Å². The Balaban J connectivity index is 1.37. The molecule has 0 saturated carbocycles. The van der Waals surface area contributed by atoms with Gasteiger partial charge >= 0.3 is 6.18 Å². The van der Waals surface area contributed by atoms with Gasteiger partial charge in [-0.15, -0.1) is 0 Å². The summed E-state index contributed by atoms with van der Waals surface area (Å²) in [6.07, 6.45) is -2.85. The maximum atomic E-state index is 14.0. The summed E-state index contributed by atoms with van der Waals surface area (Å²) in [4.78, 5) is 21.6. The number of aromatic nitrogens is 1. The molecule has 0 spiro atoms. The number of nitrogens with one attached hydrogen (secondary N) is 1. The molecule has 0 radical (unpaired) electrons. The van der Waals surface area contributed by atoms with E-state index in [-0.39, 0.29) is 17.8 Å². The van der Waals surface area contributed by atoms with Gasteiger partial charge in [0, 0.05) is 66.5 Å². The second kappa shape index (κ2) is 12.0. The van der Waals surface area contributed by atoms with E-state index < -0.39 is 17.6 Å². The normalized spacial score (nSPS) is 14.5. The van der Waals surface area contributed by atoms with Crippen LogP contribution in [0, 0.1) is 18.8 Å². The molecule has 1 N–H and O–H groups in total. The highest BCUT2D eigenvalue weighted by molar-refractivity contribution is 9.10. The minimum Gasteiger partial charge on any atom is -0.322 e. The molecule has 2 heterocycles. The Morgan fingerprint density at radius 2 is 1.68 bits per heavy atom. The predicted octanol–water partition coefficient (Wildman–Crippen LogP) is 6.72. The van der Waals surface area contributed by atoms with Crippen molar-refractivity contribution in [3.63, 3.8) is 0 Å². The lowest BCUT2D eigenvalue weighted by molar-refractivity contribution is -0.138. The number of fused-ring (bicyclic) bond motifs is 1. The average molecular weight is 622 g/mol. The molecule has 1 fully saturated rings. The lowest BCUT2D eigenvalue weighted by Gasteiger charge is -2.33. The molecule has 1 saturated heterocycles. The fourth-order valence-electron chi connectivity index (χ4n) is 4.80. The Kier molecular flexibility index (Phi) is 8.45. The highest BCUT2D eigenvalue weighted by Crippen LogP contribution is 2.35. The Hall–Kier alpha value is -3.71. The van der Waals surface area contributed by atoms with Crippen molar-refractivity contribution in [2.24, 2.45) is 0 Å². The summed E-state index contributed by atoms with van der Waals surface area (Å²) in [5.41, 5.74) is 2.11. The minimum atomic E-state index is -4.54. The van der Waals surface area contributed by atoms with Crippen LogP contribution in [0.4, 0.5) is 18.9 Å². The SMILES string of the molecule is Cc1ccc(C(=O)Nc2ccc(CN3CCN(C)CC3)c(C(F)(F)F)c2)cc1C#Cc1cnc(Br)c2ccccc12. The van der Waals surface area contributed by atoms with Gasteiger partial charge in [0.15, 0.2) is 0 Å². The first-order chi connectivity index (χ1) is 19.6. The van der Waals surface area contributed by atoms with Crippen LogP contribution in [0.15, 0.2) is 71.5 Å². The van der Waals surface area contributed by atoms with Crippen LogP contribution in [0.3, 0.4) is 0 Å². The zero-order valence-corrected chi connectivity index (χ0v) is 24.2. The Bertz CT molecular complexity index is 1670. The third-order valence-electron chi connectivity index (χ3n) is 7.24. The van der Waals surface area contributed by atoms with Gasteiger partial charge in [-0.1, -0.05) is 48.2 Å². The number of pyridine rings is 1. The molecular formula is C32H28BrF3N4O. The zero-order valence-electron chi connectivity index (χ0n) is 22.6. The monoisotopic (exact) mass is 620 g/mol. The second-order valence-electron chi connectivity index (χ2n) is 10.2. The van der Waals surface area contributed by atoms with Crippen LogP contribution in [0.2, 0.25) is 0 Å². The number of hydrogen-bond donors (Lipinski definition) is 1. The van der Waals surface area contributed by atoms with E-state index in [9.17, 15) is 18.0 Å². The van der Waals surface area contributed by atoms with E-state index in [2.05, 4.69) is 43.0 Å². The van der Waals surface area contributed by atoms with E-state index in [4.69, 9.17) is 0 Å². The number of nitrogens with zero attached hydrogens (tertiary/aromatic N) is 3. The quantitative estimate of drug-likeness (QED) is 0.203. The molecule has 1 aliphatic heterocycles. The number of piperazine rings is 1. The zero-order chi connectivity index (χ0) is 29.1. The highest BCUT2D eigenvalue weighted by Gasteiger charge is 2.34. The number of rotatable bonds is 4. The van der Waals surface area contributed by atoms with Crippen molar-refractivity contribution in [3.05, 3.63) is 105 Å². The molecule has 5 rings (SSSR count). The molecule has 1 amide bonds. The number of alkyl halides is 3. The van der Waals surface area contributed by atoms with Crippen molar-refractivity contribution < 1.29 is 18.0 Å². The fourth-order valence-corrected chi connectivity index (χ4v) is 5.24. The van der Waals surface area contributed by atoms with E-state index in [0.717, 1.165) is 45.7 Å². The number of anilines is 1. The number of amides is 1. The van der Waals surface area contributed by atoms with Crippen LogP contribution < -0.4 is 5.32 Å². The van der Waals surface area contributed by atoms with E-state index in [1.165, 1.54) is 12.1 Å². The number of aryl methyl sites for hydroxylation is 1. The summed E-state index contributed by atoms with van der Waals surface area (Å²) in [6.45, 7) is 5.14. The number of halogens is 4. The van der Waals surface area contributed by atoms with E-state index in [1.807, 2.05) is 43.1 Å². The number of carbonyl (C=O) groups is 1. The molecule has 9 heteroatoms. The highest BCUT2D eigenvalue weighted by atomic mass is 79.9. The molecule has 41 heavy (non-hydrogen) atoms. The average Bonchev–Trinajstić information content (AvgIpc) is 2.95. The Morgan fingerprint density at radius 3 is 2.41 bits per heavy atom. The van der Waals surface area contributed by atoms with Gasteiger partial charge in [-0.25, -0.2) is 4.98 Å². The van der Waals surface area contributed by atoms with Crippen molar-refractivity contribution in [1.82, 2.24) is 14.8 Å². The molecular weight excluding hydrogens is 593 g/mol. The van der Waals surface area contributed by atoms with Crippen molar-refractivity contribution >= 4 is 38.3 Å². The number of likely N-dealkylation sites (N-methyl/N-ethyl adjacent to an activating group) is 1. The van der Waals surface area contributed by atoms with Crippen LogP contribution in [0.5, 0.6) is 0 Å². The molecule has 5 nitrogen and oxygen atoms in total. The third-order valence-corrected chi connectivity index (χ3v) is 7.87. The summed E-state index contributed by atoms with van der Waals surface area (Å²) in [5.74, 6) is 5.78. The molecule has 210 valence electrons. The molecule has 1 aliphatic rings. The Labute approximate surface area is 245 Å². The van der Waals surface area contributed by atoms with Gasteiger partial charge in [0.1, 0.15) is 4.60 Å². The molecule has 0 bridgehead atoms. The lowest BCUT2D eigenvalue weighted by Crippen LogP contribution is -2.44. The first kappa shape index (κ1) is 28.8. The largest absolute Gasteiger partial charge is 0.416 e. The summed E-state index contributed by atoms with van der Waals surface area (Å²) in [7, 11) is 2.00. The second-order valence-corrected chi connectivity index (χ2v) is 10.9. The standard InChI is InChI=1S/C32H28BrF3N4O/c1-21-7-8-23(17-22(21)9-10-24-19-37-30(33)28-6-4-3-5-27(24)28)31(41)38-26-12-11-25(29(18-26)32(34,35)36)20-40-15-13-39(2)14-16-40/h3-8,11-12,17-19H,13-16,20H2,1-2H3,(H,38,41). The molecule has 4 aromatic rings. The van der Waals surface area contributed by atoms with Gasteiger partial charge < -0.3 is 10.2 Å². The van der Waals surface area contributed by atoms with E-state index >= 15 is 0 Å². The smallest absolute Gasteiger partial charge is 0.322 e. The van der Waals surface area contributed by atoms with Gasteiger partial charge in [0.25, 0.3) is 5.91 Å².